The Morgan fingerprint density at radius 3 is 2.52 bits per heavy atom. The third-order valence-electron chi connectivity index (χ3n) is 4.17. The van der Waals surface area contributed by atoms with Crippen LogP contribution in [0.15, 0.2) is 18.2 Å². The molecule has 1 N–H and O–H groups in total. The van der Waals surface area contributed by atoms with Gasteiger partial charge in [0.25, 0.3) is 0 Å². The summed E-state index contributed by atoms with van der Waals surface area (Å²) in [6, 6.07) is 5.00. The summed E-state index contributed by atoms with van der Waals surface area (Å²) in [6.07, 6.45) is 1.86. The van der Waals surface area contributed by atoms with Crippen LogP contribution in [-0.4, -0.2) is 63.5 Å². The van der Waals surface area contributed by atoms with Crippen molar-refractivity contribution in [1.82, 2.24) is 9.62 Å². The fraction of sp³-hybridized carbons (Fsp3) is 0.556. The molecule has 150 valence electrons. The lowest BCUT2D eigenvalue weighted by Gasteiger charge is -2.18. The Balaban J connectivity index is 1.71. The van der Waals surface area contributed by atoms with Crippen LogP contribution in [-0.2, 0) is 14.8 Å². The van der Waals surface area contributed by atoms with E-state index in [1.807, 2.05) is 0 Å². The predicted molar refractivity (Wildman–Crippen MR) is 101 cm³/mol. The summed E-state index contributed by atoms with van der Waals surface area (Å²) < 4.78 is 35.2. The minimum Gasteiger partial charge on any atom is -0.486 e. The van der Waals surface area contributed by atoms with Crippen molar-refractivity contribution in [3.63, 3.8) is 0 Å². The normalized spacial score (nSPS) is 13.4. The minimum absolute atomic E-state index is 0.0802. The number of amides is 1. The van der Waals surface area contributed by atoms with Gasteiger partial charge in [-0.05, 0) is 24.6 Å². The van der Waals surface area contributed by atoms with Gasteiger partial charge >= 0.3 is 0 Å². The van der Waals surface area contributed by atoms with Crippen molar-refractivity contribution in [1.29, 1.82) is 0 Å². The molecule has 0 aliphatic carbocycles. The number of carbonyl (C=O) groups excluding carboxylic acids is 2. The van der Waals surface area contributed by atoms with Crippen LogP contribution in [0.25, 0.3) is 0 Å². The molecule has 0 saturated heterocycles. The molecule has 2 rings (SSSR count). The van der Waals surface area contributed by atoms with Gasteiger partial charge in [-0.3, -0.25) is 9.59 Å². The van der Waals surface area contributed by atoms with Crippen LogP contribution >= 0.6 is 0 Å². The number of sulfonamides is 1. The van der Waals surface area contributed by atoms with Crippen LogP contribution in [0.4, 0.5) is 0 Å². The molecular weight excluding hydrogens is 372 g/mol. The SMILES string of the molecule is CCN(CCCNC(=O)CCC(=O)c1ccc2c(c1)OCCO2)S(C)(=O)=O. The van der Waals surface area contributed by atoms with Crippen LogP contribution in [0.1, 0.15) is 36.5 Å². The standard InChI is InChI=1S/C18H26N2O6S/c1-3-20(27(2,23)24)10-4-9-19-18(22)8-6-15(21)14-5-7-16-17(13-14)26-12-11-25-16/h5,7,13H,3-4,6,8-12H2,1-2H3,(H,19,22). The van der Waals surface area contributed by atoms with E-state index in [2.05, 4.69) is 5.32 Å². The number of rotatable bonds is 10. The number of carbonyl (C=O) groups is 2. The summed E-state index contributed by atoms with van der Waals surface area (Å²) in [4.78, 5) is 24.1. The second-order valence-corrected chi connectivity index (χ2v) is 8.22. The molecule has 0 bridgehead atoms. The second kappa shape index (κ2) is 9.70. The van der Waals surface area contributed by atoms with E-state index in [0.717, 1.165) is 0 Å². The first-order valence-electron chi connectivity index (χ1n) is 8.96. The Bertz CT molecular complexity index is 778. The molecule has 0 unspecified atom stereocenters. The van der Waals surface area contributed by atoms with Crippen molar-refractivity contribution in [3.8, 4) is 11.5 Å². The van der Waals surface area contributed by atoms with E-state index < -0.39 is 10.0 Å². The number of fused-ring (bicyclic) bond motifs is 1. The first-order valence-corrected chi connectivity index (χ1v) is 10.8. The first kappa shape index (κ1) is 21.2. The Kier molecular flexibility index (Phi) is 7.61. The summed E-state index contributed by atoms with van der Waals surface area (Å²) in [7, 11) is -3.22. The second-order valence-electron chi connectivity index (χ2n) is 6.24. The lowest BCUT2D eigenvalue weighted by molar-refractivity contribution is -0.121. The van der Waals surface area contributed by atoms with Crippen LogP contribution in [0.3, 0.4) is 0 Å². The molecule has 1 heterocycles. The fourth-order valence-corrected chi connectivity index (χ4v) is 3.65. The van der Waals surface area contributed by atoms with Gasteiger partial charge in [-0.25, -0.2) is 12.7 Å². The van der Waals surface area contributed by atoms with Crippen LogP contribution in [0.2, 0.25) is 0 Å². The van der Waals surface area contributed by atoms with Gasteiger partial charge in [0.1, 0.15) is 13.2 Å². The van der Waals surface area contributed by atoms with E-state index in [1.165, 1.54) is 10.6 Å². The maximum Gasteiger partial charge on any atom is 0.220 e. The van der Waals surface area contributed by atoms with E-state index in [-0.39, 0.29) is 24.5 Å². The predicted octanol–water partition coefficient (Wildman–Crippen LogP) is 1.21. The summed E-state index contributed by atoms with van der Waals surface area (Å²) in [5.41, 5.74) is 0.485. The molecular formula is C18H26N2O6S. The van der Waals surface area contributed by atoms with Gasteiger partial charge in [-0.15, -0.1) is 0 Å². The van der Waals surface area contributed by atoms with Gasteiger partial charge in [-0.1, -0.05) is 6.92 Å². The number of ether oxygens (including phenoxy) is 2. The highest BCUT2D eigenvalue weighted by molar-refractivity contribution is 7.88. The zero-order valence-corrected chi connectivity index (χ0v) is 16.5. The van der Waals surface area contributed by atoms with Crippen molar-refractivity contribution in [2.45, 2.75) is 26.2 Å². The van der Waals surface area contributed by atoms with Gasteiger partial charge in [0, 0.05) is 38.0 Å². The summed E-state index contributed by atoms with van der Waals surface area (Å²) in [5, 5.41) is 2.71. The Labute approximate surface area is 159 Å². The maximum absolute atomic E-state index is 12.3. The molecule has 0 radical (unpaired) electrons. The van der Waals surface area contributed by atoms with E-state index in [0.29, 0.717) is 56.3 Å². The number of hydrogen-bond donors (Lipinski definition) is 1. The minimum atomic E-state index is -3.22. The molecule has 27 heavy (non-hydrogen) atoms. The molecule has 1 aliphatic heterocycles. The van der Waals surface area contributed by atoms with Gasteiger partial charge in [0.2, 0.25) is 15.9 Å². The van der Waals surface area contributed by atoms with Crippen molar-refractivity contribution >= 4 is 21.7 Å². The molecule has 0 aromatic heterocycles. The highest BCUT2D eigenvalue weighted by Crippen LogP contribution is 2.31. The molecule has 0 saturated carbocycles. The van der Waals surface area contributed by atoms with E-state index in [1.54, 1.807) is 25.1 Å². The third-order valence-corrected chi connectivity index (χ3v) is 5.55. The fourth-order valence-electron chi connectivity index (χ4n) is 2.72. The molecule has 1 aromatic carbocycles. The molecule has 1 amide bonds. The monoisotopic (exact) mass is 398 g/mol. The van der Waals surface area contributed by atoms with Crippen molar-refractivity contribution in [2.75, 3.05) is 39.1 Å². The molecule has 9 heteroatoms. The zero-order valence-electron chi connectivity index (χ0n) is 15.7. The average molecular weight is 398 g/mol. The number of Topliss-reactive ketones (excluding diaryl/α,β-unsaturated/α-hetero) is 1. The summed E-state index contributed by atoms with van der Waals surface area (Å²) in [5.74, 6) is 0.785. The van der Waals surface area contributed by atoms with Crippen molar-refractivity contribution < 1.29 is 27.5 Å². The lowest BCUT2D eigenvalue weighted by Crippen LogP contribution is -2.33. The zero-order chi connectivity index (χ0) is 19.9. The topological polar surface area (TPSA) is 102 Å². The molecule has 8 nitrogen and oxygen atoms in total. The summed E-state index contributed by atoms with van der Waals surface area (Å²) in [6.45, 7) is 3.82. The van der Waals surface area contributed by atoms with Crippen LogP contribution in [0.5, 0.6) is 11.5 Å². The van der Waals surface area contributed by atoms with Crippen LogP contribution < -0.4 is 14.8 Å². The largest absolute Gasteiger partial charge is 0.486 e. The Hall–Kier alpha value is -2.13. The first-order chi connectivity index (χ1) is 12.8. The highest BCUT2D eigenvalue weighted by atomic mass is 32.2. The Morgan fingerprint density at radius 2 is 1.85 bits per heavy atom. The van der Waals surface area contributed by atoms with Gasteiger partial charge < -0.3 is 14.8 Å². The highest BCUT2D eigenvalue weighted by Gasteiger charge is 2.16. The lowest BCUT2D eigenvalue weighted by atomic mass is 10.1. The molecule has 1 aliphatic rings. The van der Waals surface area contributed by atoms with Crippen molar-refractivity contribution in [2.24, 2.45) is 0 Å². The van der Waals surface area contributed by atoms with E-state index in [4.69, 9.17) is 9.47 Å². The van der Waals surface area contributed by atoms with Crippen LogP contribution in [0, 0.1) is 0 Å². The van der Waals surface area contributed by atoms with E-state index >= 15 is 0 Å². The number of nitrogens with zero attached hydrogens (tertiary/aromatic N) is 1. The van der Waals surface area contributed by atoms with Gasteiger partial charge in [0.15, 0.2) is 17.3 Å². The molecule has 0 fully saturated rings. The molecule has 0 atom stereocenters. The van der Waals surface area contributed by atoms with Gasteiger partial charge in [-0.2, -0.15) is 0 Å². The van der Waals surface area contributed by atoms with Crippen molar-refractivity contribution in [3.05, 3.63) is 23.8 Å². The molecule has 0 spiro atoms. The average Bonchev–Trinajstić information content (AvgIpc) is 2.64. The quantitative estimate of drug-likeness (QED) is 0.469. The molecule has 1 aromatic rings. The number of nitrogens with one attached hydrogen (secondary N) is 1. The summed E-state index contributed by atoms with van der Waals surface area (Å²) >= 11 is 0. The number of ketones is 1. The number of hydrogen-bond acceptors (Lipinski definition) is 6. The van der Waals surface area contributed by atoms with Gasteiger partial charge in [0.05, 0.1) is 6.26 Å². The number of benzene rings is 1. The maximum atomic E-state index is 12.3. The third kappa shape index (κ3) is 6.51. The van der Waals surface area contributed by atoms with E-state index in [9.17, 15) is 18.0 Å². The smallest absolute Gasteiger partial charge is 0.220 e. The Morgan fingerprint density at radius 1 is 1.15 bits per heavy atom.